The summed E-state index contributed by atoms with van der Waals surface area (Å²) in [6.07, 6.45) is 3.15. The van der Waals surface area contributed by atoms with Crippen LogP contribution in [0.1, 0.15) is 34.6 Å². The number of amides is 1. The molecule has 0 saturated carbocycles. The molecule has 0 bridgehead atoms. The minimum Gasteiger partial charge on any atom is -0.494 e. The summed E-state index contributed by atoms with van der Waals surface area (Å²) in [4.78, 5) is 28.0. The van der Waals surface area contributed by atoms with Gasteiger partial charge in [-0.05, 0) is 68.4 Å². The summed E-state index contributed by atoms with van der Waals surface area (Å²) in [7, 11) is 0. The highest BCUT2D eigenvalue weighted by molar-refractivity contribution is 6.05. The van der Waals surface area contributed by atoms with Gasteiger partial charge in [-0.15, -0.1) is 0 Å². The number of Topliss-reactive ketones (excluding diaryl/α,β-unsaturated/α-hetero) is 1. The molecule has 0 aliphatic heterocycles. The normalized spacial score (nSPS) is 10.2. The van der Waals surface area contributed by atoms with Crippen LogP contribution in [0.5, 0.6) is 5.75 Å². The maximum Gasteiger partial charge on any atom is 0.257 e. The molecular weight excluding hydrogens is 354 g/mol. The molecule has 28 heavy (non-hydrogen) atoms. The summed E-state index contributed by atoms with van der Waals surface area (Å²) in [6, 6.07) is 16.0. The van der Waals surface area contributed by atoms with Gasteiger partial charge in [0.25, 0.3) is 5.91 Å². The monoisotopic (exact) mass is 375 g/mol. The second-order valence-corrected chi connectivity index (χ2v) is 6.13. The first-order valence-corrected chi connectivity index (χ1v) is 8.92. The summed E-state index contributed by atoms with van der Waals surface area (Å²) in [5.74, 6) is 0.503. The van der Waals surface area contributed by atoms with E-state index in [4.69, 9.17) is 4.74 Å². The van der Waals surface area contributed by atoms with Crippen molar-refractivity contribution in [1.82, 2.24) is 4.98 Å². The van der Waals surface area contributed by atoms with Gasteiger partial charge in [-0.3, -0.25) is 14.6 Å². The summed E-state index contributed by atoms with van der Waals surface area (Å²) in [5, 5.41) is 6.02. The molecule has 0 atom stereocenters. The minimum absolute atomic E-state index is 0.0184. The lowest BCUT2D eigenvalue weighted by atomic mass is 10.1. The molecule has 1 aromatic heterocycles. The van der Waals surface area contributed by atoms with E-state index in [0.29, 0.717) is 29.1 Å². The number of benzene rings is 2. The molecule has 0 fully saturated rings. The second kappa shape index (κ2) is 8.81. The van der Waals surface area contributed by atoms with Gasteiger partial charge in [-0.1, -0.05) is 0 Å². The lowest BCUT2D eigenvalue weighted by molar-refractivity contribution is 0.101. The average Bonchev–Trinajstić information content (AvgIpc) is 2.70. The number of aromatic nitrogens is 1. The summed E-state index contributed by atoms with van der Waals surface area (Å²) in [6.45, 7) is 4.06. The molecule has 0 aliphatic carbocycles. The van der Waals surface area contributed by atoms with Gasteiger partial charge >= 0.3 is 0 Å². The number of rotatable bonds is 7. The van der Waals surface area contributed by atoms with Crippen molar-refractivity contribution in [2.45, 2.75) is 13.8 Å². The molecule has 3 rings (SSSR count). The number of pyridine rings is 1. The molecule has 6 heteroatoms. The third kappa shape index (κ3) is 4.94. The molecular formula is C22H21N3O3. The lowest BCUT2D eigenvalue weighted by Gasteiger charge is -2.10. The highest BCUT2D eigenvalue weighted by Crippen LogP contribution is 2.21. The fourth-order valence-corrected chi connectivity index (χ4v) is 2.59. The standard InChI is InChI=1S/C22H21N3O3/c1-3-28-21-10-8-18(9-11-21)24-20-12-17(13-23-14-20)22(27)25-19-6-4-16(5-7-19)15(2)26/h4-14,24H,3H2,1-2H3,(H,25,27). The molecule has 2 N–H and O–H groups in total. The molecule has 1 heterocycles. The van der Waals surface area contributed by atoms with Crippen LogP contribution in [0.2, 0.25) is 0 Å². The van der Waals surface area contributed by atoms with E-state index in [2.05, 4.69) is 15.6 Å². The van der Waals surface area contributed by atoms with Crippen molar-refractivity contribution in [2.24, 2.45) is 0 Å². The molecule has 0 spiro atoms. The maximum atomic E-state index is 12.5. The van der Waals surface area contributed by atoms with E-state index in [0.717, 1.165) is 11.4 Å². The topological polar surface area (TPSA) is 80.3 Å². The number of carbonyl (C=O) groups excluding carboxylic acids is 2. The number of nitrogens with zero attached hydrogens (tertiary/aromatic N) is 1. The average molecular weight is 375 g/mol. The number of ether oxygens (including phenoxy) is 1. The van der Waals surface area contributed by atoms with Gasteiger partial charge in [0.15, 0.2) is 5.78 Å². The predicted octanol–water partition coefficient (Wildman–Crippen LogP) is 4.68. The van der Waals surface area contributed by atoms with Crippen molar-refractivity contribution in [2.75, 3.05) is 17.2 Å². The fraction of sp³-hybridized carbons (Fsp3) is 0.136. The molecule has 0 unspecified atom stereocenters. The molecule has 1 amide bonds. The van der Waals surface area contributed by atoms with E-state index >= 15 is 0 Å². The van der Waals surface area contributed by atoms with E-state index < -0.39 is 0 Å². The van der Waals surface area contributed by atoms with Gasteiger partial charge in [0.2, 0.25) is 0 Å². The highest BCUT2D eigenvalue weighted by atomic mass is 16.5. The zero-order valence-corrected chi connectivity index (χ0v) is 15.7. The first-order chi connectivity index (χ1) is 13.5. The smallest absolute Gasteiger partial charge is 0.257 e. The van der Waals surface area contributed by atoms with Crippen molar-refractivity contribution >= 4 is 28.8 Å². The van der Waals surface area contributed by atoms with Crippen molar-refractivity contribution < 1.29 is 14.3 Å². The Labute approximate surface area is 163 Å². The molecule has 0 radical (unpaired) electrons. The van der Waals surface area contributed by atoms with Crippen molar-refractivity contribution in [3.05, 3.63) is 78.1 Å². The van der Waals surface area contributed by atoms with Crippen molar-refractivity contribution in [3.8, 4) is 5.75 Å². The lowest BCUT2D eigenvalue weighted by Crippen LogP contribution is -2.12. The van der Waals surface area contributed by atoms with Crippen LogP contribution in [-0.2, 0) is 0 Å². The van der Waals surface area contributed by atoms with Gasteiger partial charge in [0.05, 0.1) is 24.1 Å². The molecule has 6 nitrogen and oxygen atoms in total. The largest absolute Gasteiger partial charge is 0.494 e. The first-order valence-electron chi connectivity index (χ1n) is 8.92. The van der Waals surface area contributed by atoms with E-state index in [1.807, 2.05) is 31.2 Å². The van der Waals surface area contributed by atoms with Crippen LogP contribution in [0.4, 0.5) is 17.1 Å². The van der Waals surface area contributed by atoms with Gasteiger partial charge in [-0.25, -0.2) is 0 Å². The van der Waals surface area contributed by atoms with Crippen LogP contribution < -0.4 is 15.4 Å². The van der Waals surface area contributed by atoms with E-state index in [-0.39, 0.29) is 11.7 Å². The Bertz CT molecular complexity index is 967. The highest BCUT2D eigenvalue weighted by Gasteiger charge is 2.09. The molecule has 2 aromatic carbocycles. The Morgan fingerprint density at radius 3 is 2.21 bits per heavy atom. The number of hydrogen-bond acceptors (Lipinski definition) is 5. The van der Waals surface area contributed by atoms with Crippen LogP contribution in [0.15, 0.2) is 67.0 Å². The first kappa shape index (κ1) is 19.1. The Balaban J connectivity index is 1.67. The van der Waals surface area contributed by atoms with Crippen LogP contribution in [0, 0.1) is 0 Å². The van der Waals surface area contributed by atoms with Crippen molar-refractivity contribution in [3.63, 3.8) is 0 Å². The van der Waals surface area contributed by atoms with Crippen LogP contribution >= 0.6 is 0 Å². The Morgan fingerprint density at radius 2 is 1.57 bits per heavy atom. The predicted molar refractivity (Wildman–Crippen MR) is 110 cm³/mol. The quantitative estimate of drug-likeness (QED) is 0.586. The SMILES string of the molecule is CCOc1ccc(Nc2cncc(C(=O)Nc3ccc(C(C)=O)cc3)c2)cc1. The van der Waals surface area contributed by atoms with Gasteiger partial charge < -0.3 is 15.4 Å². The Hall–Kier alpha value is -3.67. The second-order valence-electron chi connectivity index (χ2n) is 6.13. The summed E-state index contributed by atoms with van der Waals surface area (Å²) < 4.78 is 5.43. The van der Waals surface area contributed by atoms with Crippen LogP contribution in [0.25, 0.3) is 0 Å². The number of hydrogen-bond donors (Lipinski definition) is 2. The van der Waals surface area contributed by atoms with E-state index in [1.165, 1.54) is 13.1 Å². The molecule has 0 aliphatic rings. The minimum atomic E-state index is -0.279. The van der Waals surface area contributed by atoms with E-state index in [9.17, 15) is 9.59 Å². The molecule has 142 valence electrons. The Kier molecular flexibility index (Phi) is 6.01. The zero-order chi connectivity index (χ0) is 19.9. The third-order valence-corrected chi connectivity index (χ3v) is 4.00. The zero-order valence-electron chi connectivity index (χ0n) is 15.7. The van der Waals surface area contributed by atoms with Crippen LogP contribution in [-0.4, -0.2) is 23.3 Å². The van der Waals surface area contributed by atoms with E-state index in [1.54, 1.807) is 36.5 Å². The third-order valence-electron chi connectivity index (χ3n) is 4.00. The molecule has 3 aromatic rings. The van der Waals surface area contributed by atoms with Crippen LogP contribution in [0.3, 0.4) is 0 Å². The van der Waals surface area contributed by atoms with Gasteiger partial charge in [-0.2, -0.15) is 0 Å². The Morgan fingerprint density at radius 1 is 0.893 bits per heavy atom. The van der Waals surface area contributed by atoms with Gasteiger partial charge in [0.1, 0.15) is 5.75 Å². The van der Waals surface area contributed by atoms with Crippen molar-refractivity contribution in [1.29, 1.82) is 0 Å². The number of ketones is 1. The summed E-state index contributed by atoms with van der Waals surface area (Å²) >= 11 is 0. The fourth-order valence-electron chi connectivity index (χ4n) is 2.59. The number of carbonyl (C=O) groups is 2. The molecule has 0 saturated heterocycles. The maximum absolute atomic E-state index is 12.5. The number of anilines is 3. The summed E-state index contributed by atoms with van der Waals surface area (Å²) in [5.41, 5.74) is 3.19. The van der Waals surface area contributed by atoms with Gasteiger partial charge in [0, 0.05) is 23.1 Å². The number of nitrogens with one attached hydrogen (secondary N) is 2.